The molecule has 0 aliphatic heterocycles. The molecule has 1 unspecified atom stereocenters. The number of nitrogens with zero attached hydrogens (tertiary/aromatic N) is 3. The monoisotopic (exact) mass is 224 g/mol. The van der Waals surface area contributed by atoms with Crippen LogP contribution in [0.15, 0.2) is 6.07 Å². The van der Waals surface area contributed by atoms with Gasteiger partial charge in [0.2, 0.25) is 5.88 Å². The fraction of sp³-hybridized carbons (Fsp3) is 0.636. The first kappa shape index (κ1) is 12.7. The maximum Gasteiger partial charge on any atom is 0.218 e. The molecule has 0 bridgehead atoms. The molecule has 0 amide bonds. The smallest absolute Gasteiger partial charge is 0.218 e. The molecule has 16 heavy (non-hydrogen) atoms. The molecule has 1 heterocycles. The molecule has 0 aliphatic carbocycles. The lowest BCUT2D eigenvalue weighted by Crippen LogP contribution is -2.31. The summed E-state index contributed by atoms with van der Waals surface area (Å²) in [6, 6.07) is 2.25. The van der Waals surface area contributed by atoms with Gasteiger partial charge in [-0.05, 0) is 27.9 Å². The van der Waals surface area contributed by atoms with E-state index in [2.05, 4.69) is 41.2 Å². The van der Waals surface area contributed by atoms with Crippen LogP contribution >= 0.6 is 0 Å². The van der Waals surface area contributed by atoms with E-state index in [9.17, 15) is 0 Å². The molecule has 1 aromatic rings. The molecular formula is C11H20N4O. The Morgan fingerprint density at radius 1 is 1.44 bits per heavy atom. The van der Waals surface area contributed by atoms with Gasteiger partial charge in [0.05, 0.1) is 7.11 Å². The number of aromatic nitrogens is 2. The molecule has 5 nitrogen and oxygen atoms in total. The minimum atomic E-state index is 0.446. The van der Waals surface area contributed by atoms with Crippen LogP contribution in [0, 0.1) is 6.92 Å². The summed E-state index contributed by atoms with van der Waals surface area (Å²) in [5.74, 6) is 2.10. The van der Waals surface area contributed by atoms with Crippen molar-refractivity contribution in [2.75, 3.05) is 33.1 Å². The third-order valence-corrected chi connectivity index (χ3v) is 2.48. The SMILES string of the molecule is COc1cc(NCC(C)N(C)C)nc(C)n1. The van der Waals surface area contributed by atoms with Crippen molar-refractivity contribution in [3.8, 4) is 5.88 Å². The number of rotatable bonds is 5. The first-order valence-corrected chi connectivity index (χ1v) is 5.33. The first-order chi connectivity index (χ1) is 7.52. The number of ether oxygens (including phenoxy) is 1. The Balaban J connectivity index is 2.63. The highest BCUT2D eigenvalue weighted by molar-refractivity contribution is 5.38. The van der Waals surface area contributed by atoms with Crippen LogP contribution in [0.4, 0.5) is 5.82 Å². The molecule has 0 aliphatic rings. The van der Waals surface area contributed by atoms with Gasteiger partial charge in [-0.25, -0.2) is 4.98 Å². The van der Waals surface area contributed by atoms with E-state index < -0.39 is 0 Å². The maximum atomic E-state index is 5.09. The summed E-state index contributed by atoms with van der Waals surface area (Å²) in [6.45, 7) is 4.84. The lowest BCUT2D eigenvalue weighted by molar-refractivity contribution is 0.326. The number of nitrogens with one attached hydrogen (secondary N) is 1. The highest BCUT2D eigenvalue weighted by Crippen LogP contribution is 2.12. The van der Waals surface area contributed by atoms with Crippen molar-refractivity contribution in [1.82, 2.24) is 14.9 Å². The Morgan fingerprint density at radius 2 is 2.12 bits per heavy atom. The Labute approximate surface area is 96.8 Å². The standard InChI is InChI=1S/C11H20N4O/c1-8(15(3)4)7-12-10-6-11(16-5)14-9(2)13-10/h6,8H,7H2,1-5H3,(H,12,13,14). The van der Waals surface area contributed by atoms with Gasteiger partial charge in [-0.3, -0.25) is 0 Å². The van der Waals surface area contributed by atoms with Crippen molar-refractivity contribution in [2.45, 2.75) is 19.9 Å². The predicted molar refractivity (Wildman–Crippen MR) is 65.0 cm³/mol. The molecule has 1 aromatic heterocycles. The van der Waals surface area contributed by atoms with Gasteiger partial charge in [-0.2, -0.15) is 4.98 Å². The lowest BCUT2D eigenvalue weighted by atomic mass is 10.3. The second kappa shape index (κ2) is 5.65. The molecule has 1 atom stereocenters. The van der Waals surface area contributed by atoms with Crippen molar-refractivity contribution in [3.63, 3.8) is 0 Å². The molecule has 0 aromatic carbocycles. The molecule has 0 fully saturated rings. The second-order valence-electron chi connectivity index (χ2n) is 4.04. The molecule has 1 rings (SSSR count). The van der Waals surface area contributed by atoms with Crippen LogP contribution in [-0.2, 0) is 0 Å². The van der Waals surface area contributed by atoms with E-state index in [4.69, 9.17) is 4.74 Å². The molecule has 0 radical (unpaired) electrons. The van der Waals surface area contributed by atoms with E-state index in [1.807, 2.05) is 6.92 Å². The molecule has 0 saturated carbocycles. The Hall–Kier alpha value is -1.36. The van der Waals surface area contributed by atoms with Crippen molar-refractivity contribution in [3.05, 3.63) is 11.9 Å². The zero-order chi connectivity index (χ0) is 12.1. The van der Waals surface area contributed by atoms with Gasteiger partial charge in [-0.15, -0.1) is 0 Å². The summed E-state index contributed by atoms with van der Waals surface area (Å²) in [4.78, 5) is 10.6. The topological polar surface area (TPSA) is 50.3 Å². The van der Waals surface area contributed by atoms with Gasteiger partial charge in [0.1, 0.15) is 11.6 Å². The van der Waals surface area contributed by atoms with E-state index in [0.29, 0.717) is 17.7 Å². The van der Waals surface area contributed by atoms with Crippen molar-refractivity contribution in [2.24, 2.45) is 0 Å². The average molecular weight is 224 g/mol. The van der Waals surface area contributed by atoms with Crippen LogP contribution in [0.25, 0.3) is 0 Å². The summed E-state index contributed by atoms with van der Waals surface area (Å²) >= 11 is 0. The average Bonchev–Trinajstić information content (AvgIpc) is 2.24. The quantitative estimate of drug-likeness (QED) is 0.813. The van der Waals surface area contributed by atoms with Crippen LogP contribution in [0.1, 0.15) is 12.7 Å². The molecule has 90 valence electrons. The first-order valence-electron chi connectivity index (χ1n) is 5.33. The lowest BCUT2D eigenvalue weighted by Gasteiger charge is -2.20. The van der Waals surface area contributed by atoms with Gasteiger partial charge in [0.15, 0.2) is 0 Å². The van der Waals surface area contributed by atoms with Crippen LogP contribution in [-0.4, -0.2) is 48.7 Å². The van der Waals surface area contributed by atoms with Gasteiger partial charge in [0.25, 0.3) is 0 Å². The molecule has 5 heteroatoms. The number of anilines is 1. The summed E-state index contributed by atoms with van der Waals surface area (Å²) in [5.41, 5.74) is 0. The van der Waals surface area contributed by atoms with Crippen molar-refractivity contribution < 1.29 is 4.74 Å². The van der Waals surface area contributed by atoms with Gasteiger partial charge >= 0.3 is 0 Å². The van der Waals surface area contributed by atoms with Gasteiger partial charge < -0.3 is 15.0 Å². The molecule has 1 N–H and O–H groups in total. The van der Waals surface area contributed by atoms with Crippen LogP contribution in [0.3, 0.4) is 0 Å². The zero-order valence-corrected chi connectivity index (χ0v) is 10.6. The van der Waals surface area contributed by atoms with Crippen LogP contribution in [0.5, 0.6) is 5.88 Å². The van der Waals surface area contributed by atoms with E-state index in [1.54, 1.807) is 13.2 Å². The number of methoxy groups -OCH3 is 1. The fourth-order valence-corrected chi connectivity index (χ4v) is 1.17. The summed E-state index contributed by atoms with van der Waals surface area (Å²) < 4.78 is 5.09. The number of likely N-dealkylation sites (N-methyl/N-ethyl adjacent to an activating group) is 1. The highest BCUT2D eigenvalue weighted by Gasteiger charge is 2.06. The van der Waals surface area contributed by atoms with E-state index in [-0.39, 0.29) is 0 Å². The van der Waals surface area contributed by atoms with E-state index in [0.717, 1.165) is 12.4 Å². The number of hydrogen-bond donors (Lipinski definition) is 1. The zero-order valence-electron chi connectivity index (χ0n) is 10.6. The third kappa shape index (κ3) is 3.66. The molecular weight excluding hydrogens is 204 g/mol. The van der Waals surface area contributed by atoms with Crippen LogP contribution < -0.4 is 10.1 Å². The van der Waals surface area contributed by atoms with Gasteiger partial charge in [0, 0.05) is 18.7 Å². The predicted octanol–water partition coefficient (Wildman–Crippen LogP) is 1.16. The minimum absolute atomic E-state index is 0.446. The normalized spacial score (nSPS) is 12.6. The maximum absolute atomic E-state index is 5.09. The molecule has 0 saturated heterocycles. The van der Waals surface area contributed by atoms with Crippen molar-refractivity contribution >= 4 is 5.82 Å². The molecule has 0 spiro atoms. The van der Waals surface area contributed by atoms with Gasteiger partial charge in [-0.1, -0.05) is 0 Å². The fourth-order valence-electron chi connectivity index (χ4n) is 1.17. The third-order valence-electron chi connectivity index (χ3n) is 2.48. The second-order valence-corrected chi connectivity index (χ2v) is 4.04. The van der Waals surface area contributed by atoms with E-state index >= 15 is 0 Å². The summed E-state index contributed by atoms with van der Waals surface area (Å²) in [6.07, 6.45) is 0. The number of hydrogen-bond acceptors (Lipinski definition) is 5. The van der Waals surface area contributed by atoms with Crippen LogP contribution in [0.2, 0.25) is 0 Å². The minimum Gasteiger partial charge on any atom is -0.481 e. The Morgan fingerprint density at radius 3 is 2.69 bits per heavy atom. The summed E-state index contributed by atoms with van der Waals surface area (Å²) in [5, 5.41) is 3.27. The number of aryl methyl sites for hydroxylation is 1. The Kier molecular flexibility index (Phi) is 4.49. The summed E-state index contributed by atoms with van der Waals surface area (Å²) in [7, 11) is 5.71. The largest absolute Gasteiger partial charge is 0.481 e. The van der Waals surface area contributed by atoms with E-state index in [1.165, 1.54) is 0 Å². The Bertz CT molecular complexity index is 341. The highest BCUT2D eigenvalue weighted by atomic mass is 16.5. The van der Waals surface area contributed by atoms with Crippen molar-refractivity contribution in [1.29, 1.82) is 0 Å².